The summed E-state index contributed by atoms with van der Waals surface area (Å²) in [5, 5.41) is 2.68. The van der Waals surface area contributed by atoms with Crippen molar-refractivity contribution in [1.29, 1.82) is 0 Å². The van der Waals surface area contributed by atoms with Crippen LogP contribution in [0.5, 0.6) is 0 Å². The minimum Gasteiger partial charge on any atom is -0.444 e. The molecule has 2 amide bonds. The van der Waals surface area contributed by atoms with E-state index in [9.17, 15) is 9.59 Å². The SMILES string of the molecule is CC1CC(C)CN(C(=O)c2cccc(NC(=O)OC(C)(C)C)c2)C1. The van der Waals surface area contributed by atoms with Crippen LogP contribution < -0.4 is 5.32 Å². The van der Waals surface area contributed by atoms with E-state index < -0.39 is 11.7 Å². The Morgan fingerprint density at radius 2 is 1.79 bits per heavy atom. The molecule has 2 atom stereocenters. The van der Waals surface area contributed by atoms with Gasteiger partial charge in [0.2, 0.25) is 0 Å². The van der Waals surface area contributed by atoms with Crippen LogP contribution in [0.25, 0.3) is 0 Å². The topological polar surface area (TPSA) is 58.6 Å². The third-order valence-electron chi connectivity index (χ3n) is 3.91. The maximum absolute atomic E-state index is 12.7. The third kappa shape index (κ3) is 5.25. The van der Waals surface area contributed by atoms with Gasteiger partial charge in [-0.3, -0.25) is 10.1 Å². The molecule has 0 saturated carbocycles. The van der Waals surface area contributed by atoms with Gasteiger partial charge in [0.05, 0.1) is 0 Å². The molecular formula is C19H28N2O3. The smallest absolute Gasteiger partial charge is 0.412 e. The van der Waals surface area contributed by atoms with Gasteiger partial charge in [0.1, 0.15) is 5.60 Å². The number of nitrogens with zero attached hydrogens (tertiary/aromatic N) is 1. The Bertz CT molecular complexity index is 597. The van der Waals surface area contributed by atoms with Crippen molar-refractivity contribution in [2.75, 3.05) is 18.4 Å². The van der Waals surface area contributed by atoms with Crippen LogP contribution in [-0.2, 0) is 4.74 Å². The fourth-order valence-electron chi connectivity index (χ4n) is 3.16. The fraction of sp³-hybridized carbons (Fsp3) is 0.579. The van der Waals surface area contributed by atoms with E-state index in [4.69, 9.17) is 4.74 Å². The number of nitrogens with one attached hydrogen (secondary N) is 1. The molecule has 1 aromatic carbocycles. The predicted molar refractivity (Wildman–Crippen MR) is 95.1 cm³/mol. The maximum Gasteiger partial charge on any atom is 0.412 e. The summed E-state index contributed by atoms with van der Waals surface area (Å²) in [6.07, 6.45) is 0.636. The van der Waals surface area contributed by atoms with Crippen molar-refractivity contribution in [2.24, 2.45) is 11.8 Å². The number of hydrogen-bond donors (Lipinski definition) is 1. The van der Waals surface area contributed by atoms with Crippen molar-refractivity contribution in [1.82, 2.24) is 4.90 Å². The zero-order valence-corrected chi connectivity index (χ0v) is 15.3. The van der Waals surface area contributed by atoms with Crippen molar-refractivity contribution >= 4 is 17.7 Å². The van der Waals surface area contributed by atoms with Gasteiger partial charge in [-0.05, 0) is 57.2 Å². The molecular weight excluding hydrogens is 304 g/mol. The number of anilines is 1. The predicted octanol–water partition coefficient (Wildman–Crippen LogP) is 4.15. The van der Waals surface area contributed by atoms with E-state index in [-0.39, 0.29) is 5.91 Å². The number of piperidine rings is 1. The molecule has 1 aliphatic rings. The number of likely N-dealkylation sites (tertiary alicyclic amines) is 1. The van der Waals surface area contributed by atoms with Crippen LogP contribution in [0.2, 0.25) is 0 Å². The molecule has 2 unspecified atom stereocenters. The van der Waals surface area contributed by atoms with Crippen molar-refractivity contribution < 1.29 is 14.3 Å². The van der Waals surface area contributed by atoms with Crippen LogP contribution in [-0.4, -0.2) is 35.6 Å². The zero-order valence-electron chi connectivity index (χ0n) is 15.3. The van der Waals surface area contributed by atoms with Gasteiger partial charge in [-0.15, -0.1) is 0 Å². The lowest BCUT2D eigenvalue weighted by molar-refractivity contribution is 0.0617. The quantitative estimate of drug-likeness (QED) is 0.885. The molecule has 1 N–H and O–H groups in total. The molecule has 5 nitrogen and oxygen atoms in total. The molecule has 1 fully saturated rings. The molecule has 0 radical (unpaired) electrons. The van der Waals surface area contributed by atoms with Gasteiger partial charge >= 0.3 is 6.09 Å². The van der Waals surface area contributed by atoms with E-state index in [0.717, 1.165) is 19.5 Å². The Balaban J connectivity index is 2.06. The van der Waals surface area contributed by atoms with E-state index in [1.54, 1.807) is 24.3 Å². The zero-order chi connectivity index (χ0) is 17.9. The molecule has 132 valence electrons. The average molecular weight is 332 g/mol. The summed E-state index contributed by atoms with van der Waals surface area (Å²) in [7, 11) is 0. The van der Waals surface area contributed by atoms with Gasteiger partial charge in [0, 0.05) is 24.3 Å². The van der Waals surface area contributed by atoms with Crippen LogP contribution >= 0.6 is 0 Å². The molecule has 1 aromatic rings. The van der Waals surface area contributed by atoms with Crippen molar-refractivity contribution in [2.45, 2.75) is 46.6 Å². The normalized spacial score (nSPS) is 21.3. The highest BCUT2D eigenvalue weighted by Crippen LogP contribution is 2.23. The Labute approximate surface area is 144 Å². The summed E-state index contributed by atoms with van der Waals surface area (Å²) < 4.78 is 5.24. The van der Waals surface area contributed by atoms with E-state index in [2.05, 4.69) is 19.2 Å². The molecule has 1 saturated heterocycles. The lowest BCUT2D eigenvalue weighted by Crippen LogP contribution is -2.42. The van der Waals surface area contributed by atoms with E-state index in [1.165, 1.54) is 0 Å². The summed E-state index contributed by atoms with van der Waals surface area (Å²) in [4.78, 5) is 26.5. The van der Waals surface area contributed by atoms with Crippen molar-refractivity contribution in [3.05, 3.63) is 29.8 Å². The van der Waals surface area contributed by atoms with Crippen molar-refractivity contribution in [3.63, 3.8) is 0 Å². The van der Waals surface area contributed by atoms with E-state index in [1.807, 2.05) is 25.7 Å². The Morgan fingerprint density at radius 1 is 1.17 bits per heavy atom. The molecule has 0 spiro atoms. The monoisotopic (exact) mass is 332 g/mol. The number of rotatable bonds is 2. The minimum absolute atomic E-state index is 0.0150. The molecule has 1 heterocycles. The van der Waals surface area contributed by atoms with E-state index in [0.29, 0.717) is 23.1 Å². The summed E-state index contributed by atoms with van der Waals surface area (Å²) in [6, 6.07) is 7.02. The second-order valence-corrected chi connectivity index (χ2v) is 7.86. The first-order valence-electron chi connectivity index (χ1n) is 8.53. The Morgan fingerprint density at radius 3 is 2.38 bits per heavy atom. The van der Waals surface area contributed by atoms with Gasteiger partial charge < -0.3 is 9.64 Å². The molecule has 2 rings (SSSR count). The molecule has 0 aromatic heterocycles. The largest absolute Gasteiger partial charge is 0.444 e. The molecule has 0 aliphatic carbocycles. The fourth-order valence-corrected chi connectivity index (χ4v) is 3.16. The lowest BCUT2D eigenvalue weighted by Gasteiger charge is -2.35. The van der Waals surface area contributed by atoms with E-state index >= 15 is 0 Å². The second kappa shape index (κ2) is 7.24. The van der Waals surface area contributed by atoms with Gasteiger partial charge in [-0.1, -0.05) is 19.9 Å². The standard InChI is InChI=1S/C19H28N2O3/c1-13-9-14(2)12-21(11-13)17(22)15-7-6-8-16(10-15)20-18(23)24-19(3,4)5/h6-8,10,13-14H,9,11-12H2,1-5H3,(H,20,23). The minimum atomic E-state index is -0.558. The van der Waals surface area contributed by atoms with Crippen LogP contribution in [0.3, 0.4) is 0 Å². The first kappa shape index (κ1) is 18.3. The highest BCUT2D eigenvalue weighted by atomic mass is 16.6. The first-order chi connectivity index (χ1) is 11.1. The summed E-state index contributed by atoms with van der Waals surface area (Å²) in [5.41, 5.74) is 0.593. The second-order valence-electron chi connectivity index (χ2n) is 7.86. The number of ether oxygens (including phenoxy) is 1. The summed E-state index contributed by atoms with van der Waals surface area (Å²) >= 11 is 0. The lowest BCUT2D eigenvalue weighted by atomic mass is 9.91. The molecule has 1 aliphatic heterocycles. The Kier molecular flexibility index (Phi) is 5.52. The number of hydrogen-bond acceptors (Lipinski definition) is 3. The van der Waals surface area contributed by atoms with Gasteiger partial charge in [0.25, 0.3) is 5.91 Å². The Hall–Kier alpha value is -2.04. The van der Waals surface area contributed by atoms with Crippen molar-refractivity contribution in [3.8, 4) is 0 Å². The van der Waals surface area contributed by atoms with Crippen LogP contribution in [0.15, 0.2) is 24.3 Å². The van der Waals surface area contributed by atoms with Gasteiger partial charge in [0.15, 0.2) is 0 Å². The molecule has 24 heavy (non-hydrogen) atoms. The summed E-state index contributed by atoms with van der Waals surface area (Å²) in [5.74, 6) is 1.04. The summed E-state index contributed by atoms with van der Waals surface area (Å²) in [6.45, 7) is 11.4. The van der Waals surface area contributed by atoms with Crippen LogP contribution in [0, 0.1) is 11.8 Å². The number of benzene rings is 1. The van der Waals surface area contributed by atoms with Crippen LogP contribution in [0.1, 0.15) is 51.4 Å². The van der Waals surface area contributed by atoms with Gasteiger partial charge in [-0.25, -0.2) is 4.79 Å². The molecule has 5 heteroatoms. The average Bonchev–Trinajstić information content (AvgIpc) is 2.43. The maximum atomic E-state index is 12.7. The highest BCUT2D eigenvalue weighted by Gasteiger charge is 2.26. The van der Waals surface area contributed by atoms with Crippen LogP contribution in [0.4, 0.5) is 10.5 Å². The number of carbonyl (C=O) groups excluding carboxylic acids is 2. The number of carbonyl (C=O) groups is 2. The van der Waals surface area contributed by atoms with Gasteiger partial charge in [-0.2, -0.15) is 0 Å². The third-order valence-corrected chi connectivity index (χ3v) is 3.91. The molecule has 0 bridgehead atoms. The highest BCUT2D eigenvalue weighted by molar-refractivity contribution is 5.96. The number of amides is 2. The first-order valence-corrected chi connectivity index (χ1v) is 8.53.